The van der Waals surface area contributed by atoms with E-state index in [2.05, 4.69) is 10.6 Å². The number of nitrogens with one attached hydrogen (secondary N) is 2. The molecule has 21 heavy (non-hydrogen) atoms. The summed E-state index contributed by atoms with van der Waals surface area (Å²) in [7, 11) is 0. The van der Waals surface area contributed by atoms with E-state index in [1.54, 1.807) is 26.0 Å². The van der Waals surface area contributed by atoms with Crippen molar-refractivity contribution < 1.29 is 14.5 Å². The Balaban J connectivity index is 2.91. The Morgan fingerprint density at radius 3 is 2.52 bits per heavy atom. The standard InChI is InChI=1S/C14H21N3O4/c1-9(2)16-13(18)8-15-11-6-5-7-12(21-10(3)4)14(11)17(19)20/h5-7,9-10,15H,8H2,1-4H3,(H,16,18). The molecular weight excluding hydrogens is 274 g/mol. The van der Waals surface area contributed by atoms with Crippen molar-refractivity contribution in [3.05, 3.63) is 28.3 Å². The van der Waals surface area contributed by atoms with Crippen LogP contribution >= 0.6 is 0 Å². The van der Waals surface area contributed by atoms with E-state index in [1.807, 2.05) is 13.8 Å². The van der Waals surface area contributed by atoms with Crippen LogP contribution in [0.3, 0.4) is 0 Å². The molecule has 0 aliphatic heterocycles. The lowest BCUT2D eigenvalue weighted by Crippen LogP contribution is -2.34. The molecule has 0 aromatic heterocycles. The molecule has 0 fully saturated rings. The maximum Gasteiger partial charge on any atom is 0.333 e. The lowest BCUT2D eigenvalue weighted by atomic mass is 10.2. The number of hydrogen-bond donors (Lipinski definition) is 2. The molecule has 0 unspecified atom stereocenters. The summed E-state index contributed by atoms with van der Waals surface area (Å²) < 4.78 is 5.44. The molecule has 0 aliphatic carbocycles. The Bertz CT molecular complexity index is 515. The van der Waals surface area contributed by atoms with E-state index in [9.17, 15) is 14.9 Å². The van der Waals surface area contributed by atoms with Crippen molar-refractivity contribution in [3.63, 3.8) is 0 Å². The lowest BCUT2D eigenvalue weighted by molar-refractivity contribution is -0.385. The van der Waals surface area contributed by atoms with Crippen molar-refractivity contribution >= 4 is 17.3 Å². The van der Waals surface area contributed by atoms with Gasteiger partial charge in [-0.1, -0.05) is 6.07 Å². The molecule has 0 radical (unpaired) electrons. The third-order valence-corrected chi connectivity index (χ3v) is 2.43. The molecule has 1 aromatic carbocycles. The molecular formula is C14H21N3O4. The van der Waals surface area contributed by atoms with Crippen molar-refractivity contribution in [1.82, 2.24) is 5.32 Å². The lowest BCUT2D eigenvalue weighted by Gasteiger charge is -2.13. The van der Waals surface area contributed by atoms with E-state index in [4.69, 9.17) is 4.74 Å². The van der Waals surface area contributed by atoms with Crippen LogP contribution in [0.1, 0.15) is 27.7 Å². The largest absolute Gasteiger partial charge is 0.484 e. The van der Waals surface area contributed by atoms with Crippen molar-refractivity contribution in [2.24, 2.45) is 0 Å². The molecule has 7 heteroatoms. The van der Waals surface area contributed by atoms with Gasteiger partial charge in [-0.25, -0.2) is 0 Å². The van der Waals surface area contributed by atoms with Gasteiger partial charge in [0.15, 0.2) is 5.75 Å². The normalized spacial score (nSPS) is 10.6. The van der Waals surface area contributed by atoms with Gasteiger partial charge in [0.05, 0.1) is 17.6 Å². The minimum Gasteiger partial charge on any atom is -0.484 e. The van der Waals surface area contributed by atoms with Crippen molar-refractivity contribution in [3.8, 4) is 5.75 Å². The van der Waals surface area contributed by atoms with Gasteiger partial charge in [-0.3, -0.25) is 14.9 Å². The third-order valence-electron chi connectivity index (χ3n) is 2.43. The second kappa shape index (κ2) is 7.47. The van der Waals surface area contributed by atoms with Gasteiger partial charge in [0.25, 0.3) is 0 Å². The Morgan fingerprint density at radius 2 is 2.00 bits per heavy atom. The number of nitro groups is 1. The van der Waals surface area contributed by atoms with Gasteiger partial charge in [0.1, 0.15) is 5.69 Å². The molecule has 0 saturated carbocycles. The maximum absolute atomic E-state index is 11.6. The Labute approximate surface area is 123 Å². The van der Waals surface area contributed by atoms with Gasteiger partial charge in [0, 0.05) is 6.04 Å². The van der Waals surface area contributed by atoms with Crippen LogP contribution in [0, 0.1) is 10.1 Å². The van der Waals surface area contributed by atoms with E-state index < -0.39 is 4.92 Å². The number of rotatable bonds is 7. The van der Waals surface area contributed by atoms with Gasteiger partial charge < -0.3 is 15.4 Å². The van der Waals surface area contributed by atoms with Crippen LogP contribution in [0.15, 0.2) is 18.2 Å². The highest BCUT2D eigenvalue weighted by atomic mass is 16.6. The topological polar surface area (TPSA) is 93.5 Å². The number of carbonyl (C=O) groups is 1. The molecule has 7 nitrogen and oxygen atoms in total. The molecule has 0 heterocycles. The van der Waals surface area contributed by atoms with Crippen molar-refractivity contribution in [2.75, 3.05) is 11.9 Å². The zero-order chi connectivity index (χ0) is 16.0. The zero-order valence-electron chi connectivity index (χ0n) is 12.7. The maximum atomic E-state index is 11.6. The van der Waals surface area contributed by atoms with E-state index >= 15 is 0 Å². The van der Waals surface area contributed by atoms with Crippen LogP contribution in [-0.2, 0) is 4.79 Å². The summed E-state index contributed by atoms with van der Waals surface area (Å²) in [6, 6.07) is 4.75. The predicted molar refractivity (Wildman–Crippen MR) is 80.6 cm³/mol. The van der Waals surface area contributed by atoms with Crippen LogP contribution in [0.5, 0.6) is 5.75 Å². The summed E-state index contributed by atoms with van der Waals surface area (Å²) in [5.74, 6) is -0.0428. The minimum absolute atomic E-state index is 0.0184. The van der Waals surface area contributed by atoms with Crippen LogP contribution in [0.25, 0.3) is 0 Å². The summed E-state index contributed by atoms with van der Waals surface area (Å²) >= 11 is 0. The molecule has 1 aromatic rings. The Morgan fingerprint density at radius 1 is 1.33 bits per heavy atom. The molecule has 116 valence electrons. The molecule has 0 saturated heterocycles. The highest BCUT2D eigenvalue weighted by molar-refractivity contribution is 5.82. The van der Waals surface area contributed by atoms with E-state index in [-0.39, 0.29) is 41.7 Å². The summed E-state index contributed by atoms with van der Waals surface area (Å²) in [5.41, 5.74) is 0.0978. The summed E-state index contributed by atoms with van der Waals surface area (Å²) in [4.78, 5) is 22.3. The summed E-state index contributed by atoms with van der Waals surface area (Å²) in [6.07, 6.45) is -0.178. The first-order valence-corrected chi connectivity index (χ1v) is 6.78. The third kappa shape index (κ3) is 5.29. The predicted octanol–water partition coefficient (Wildman–Crippen LogP) is 2.32. The molecule has 1 amide bonds. The van der Waals surface area contributed by atoms with Crippen LogP contribution in [0.2, 0.25) is 0 Å². The quantitative estimate of drug-likeness (QED) is 0.594. The number of ether oxygens (including phenoxy) is 1. The van der Waals surface area contributed by atoms with Crippen molar-refractivity contribution in [1.29, 1.82) is 0 Å². The fourth-order valence-electron chi connectivity index (χ4n) is 1.75. The fourth-order valence-corrected chi connectivity index (χ4v) is 1.75. The average molecular weight is 295 g/mol. The molecule has 2 N–H and O–H groups in total. The Kier molecular flexibility index (Phi) is 5.95. The second-order valence-corrected chi connectivity index (χ2v) is 5.15. The number of para-hydroxylation sites is 1. The fraction of sp³-hybridized carbons (Fsp3) is 0.500. The first-order valence-electron chi connectivity index (χ1n) is 6.78. The number of nitro benzene ring substituents is 1. The first kappa shape index (κ1) is 16.7. The summed E-state index contributed by atoms with van der Waals surface area (Å²) in [6.45, 7) is 7.23. The number of benzene rings is 1. The van der Waals surface area contributed by atoms with Gasteiger partial charge in [0.2, 0.25) is 5.91 Å². The van der Waals surface area contributed by atoms with Crippen molar-refractivity contribution in [2.45, 2.75) is 39.8 Å². The summed E-state index contributed by atoms with van der Waals surface area (Å²) in [5, 5.41) is 16.7. The SMILES string of the molecule is CC(C)NC(=O)CNc1cccc(OC(C)C)c1[N+](=O)[O-]. The van der Waals surface area contributed by atoms with Gasteiger partial charge in [-0.2, -0.15) is 0 Å². The molecule has 1 rings (SSSR count). The Hall–Kier alpha value is -2.31. The average Bonchev–Trinajstić information content (AvgIpc) is 2.34. The second-order valence-electron chi connectivity index (χ2n) is 5.15. The molecule has 0 spiro atoms. The number of anilines is 1. The van der Waals surface area contributed by atoms with Gasteiger partial charge in [-0.15, -0.1) is 0 Å². The van der Waals surface area contributed by atoms with E-state index in [0.29, 0.717) is 0 Å². The first-order chi connectivity index (χ1) is 9.81. The van der Waals surface area contributed by atoms with Crippen LogP contribution in [0.4, 0.5) is 11.4 Å². The monoisotopic (exact) mass is 295 g/mol. The highest BCUT2D eigenvalue weighted by Gasteiger charge is 2.22. The zero-order valence-corrected chi connectivity index (χ0v) is 12.7. The smallest absolute Gasteiger partial charge is 0.333 e. The van der Waals surface area contributed by atoms with Gasteiger partial charge in [-0.05, 0) is 39.8 Å². The van der Waals surface area contributed by atoms with Crippen LogP contribution < -0.4 is 15.4 Å². The highest BCUT2D eigenvalue weighted by Crippen LogP contribution is 2.35. The van der Waals surface area contributed by atoms with E-state index in [0.717, 1.165) is 0 Å². The van der Waals surface area contributed by atoms with E-state index in [1.165, 1.54) is 6.07 Å². The minimum atomic E-state index is -0.513. The van der Waals surface area contributed by atoms with Gasteiger partial charge >= 0.3 is 5.69 Å². The molecule has 0 aliphatic rings. The van der Waals surface area contributed by atoms with Crippen LogP contribution in [-0.4, -0.2) is 29.5 Å². The molecule has 0 bridgehead atoms. The number of carbonyl (C=O) groups excluding carboxylic acids is 1. The molecule has 0 atom stereocenters. The number of amides is 1. The number of hydrogen-bond acceptors (Lipinski definition) is 5. The number of nitrogens with zero attached hydrogens (tertiary/aromatic N) is 1.